The van der Waals surface area contributed by atoms with Crippen molar-refractivity contribution in [1.29, 1.82) is 5.26 Å². The van der Waals surface area contributed by atoms with Crippen molar-refractivity contribution in [2.45, 2.75) is 30.9 Å². The topological polar surface area (TPSA) is 96.2 Å². The van der Waals surface area contributed by atoms with E-state index in [0.717, 1.165) is 22.2 Å². The highest BCUT2D eigenvalue weighted by Gasteiger charge is 2.20. The number of nitriles is 1. The van der Waals surface area contributed by atoms with Gasteiger partial charge in [-0.2, -0.15) is 5.26 Å². The fourth-order valence-corrected chi connectivity index (χ4v) is 3.86. The van der Waals surface area contributed by atoms with Crippen LogP contribution < -0.4 is 0 Å². The van der Waals surface area contributed by atoms with E-state index < -0.39 is 0 Å². The first kappa shape index (κ1) is 20.7. The predicted octanol–water partition coefficient (Wildman–Crippen LogP) is 4.97. The van der Waals surface area contributed by atoms with Crippen molar-refractivity contribution in [3.8, 4) is 6.07 Å². The maximum absolute atomic E-state index is 13.0. The van der Waals surface area contributed by atoms with E-state index >= 15 is 0 Å². The largest absolute Gasteiger partial charge is 0.455 e. The highest BCUT2D eigenvalue weighted by Crippen LogP contribution is 2.28. The molecule has 8 heteroatoms. The molecule has 0 atom stereocenters. The van der Waals surface area contributed by atoms with Gasteiger partial charge in [-0.05, 0) is 42.3 Å². The van der Waals surface area contributed by atoms with Crippen molar-refractivity contribution in [2.75, 3.05) is 6.54 Å². The average Bonchev–Trinajstić information content (AvgIpc) is 3.43. The molecular formula is C23H20N4O3S. The second-order valence-corrected chi connectivity index (χ2v) is 7.88. The molecule has 0 fully saturated rings. The lowest BCUT2D eigenvalue weighted by Crippen LogP contribution is -2.31. The summed E-state index contributed by atoms with van der Waals surface area (Å²) in [6.07, 6.45) is 3.63. The number of oxazole rings is 1. The van der Waals surface area contributed by atoms with E-state index in [1.807, 2.05) is 37.3 Å². The second kappa shape index (κ2) is 9.49. The molecule has 1 aromatic carbocycles. The van der Waals surface area contributed by atoms with Gasteiger partial charge >= 0.3 is 0 Å². The Morgan fingerprint density at radius 1 is 1.19 bits per heavy atom. The van der Waals surface area contributed by atoms with Gasteiger partial charge in [0, 0.05) is 25.5 Å². The van der Waals surface area contributed by atoms with Gasteiger partial charge in [0.15, 0.2) is 11.3 Å². The van der Waals surface area contributed by atoms with Gasteiger partial charge < -0.3 is 13.7 Å². The zero-order valence-corrected chi connectivity index (χ0v) is 17.8. The van der Waals surface area contributed by atoms with Gasteiger partial charge in [0.05, 0.1) is 18.2 Å². The number of aryl methyl sites for hydroxylation is 1. The van der Waals surface area contributed by atoms with Crippen molar-refractivity contribution >= 4 is 28.8 Å². The Kier molecular flexibility index (Phi) is 6.34. The Morgan fingerprint density at radius 2 is 2.10 bits per heavy atom. The van der Waals surface area contributed by atoms with Crippen LogP contribution in [-0.4, -0.2) is 27.3 Å². The van der Waals surface area contributed by atoms with Gasteiger partial charge in [0.2, 0.25) is 0 Å². The number of pyridine rings is 1. The molecule has 0 aliphatic carbocycles. The van der Waals surface area contributed by atoms with Crippen LogP contribution >= 0.6 is 11.8 Å². The Labute approximate surface area is 183 Å². The molecule has 7 nitrogen and oxygen atoms in total. The monoisotopic (exact) mass is 432 g/mol. The molecule has 4 aromatic rings. The molecular weight excluding hydrogens is 412 g/mol. The number of aromatic nitrogens is 2. The summed E-state index contributed by atoms with van der Waals surface area (Å²) in [6.45, 7) is 2.67. The number of benzene rings is 1. The van der Waals surface area contributed by atoms with Gasteiger partial charge in [0.1, 0.15) is 11.3 Å². The van der Waals surface area contributed by atoms with E-state index in [-0.39, 0.29) is 18.1 Å². The molecule has 4 rings (SSSR count). The maximum atomic E-state index is 13.0. The van der Waals surface area contributed by atoms with E-state index in [1.54, 1.807) is 29.4 Å². The normalized spacial score (nSPS) is 10.8. The lowest BCUT2D eigenvalue weighted by Gasteiger charge is -2.20. The molecule has 1 amide bonds. The first-order valence-electron chi connectivity index (χ1n) is 9.77. The highest BCUT2D eigenvalue weighted by molar-refractivity contribution is 7.98. The van der Waals surface area contributed by atoms with E-state index in [0.29, 0.717) is 29.8 Å². The number of hydrogen-bond acceptors (Lipinski definition) is 7. The molecule has 0 bridgehead atoms. The van der Waals surface area contributed by atoms with Crippen molar-refractivity contribution in [3.05, 3.63) is 77.5 Å². The van der Waals surface area contributed by atoms with Crippen LogP contribution in [0.5, 0.6) is 0 Å². The summed E-state index contributed by atoms with van der Waals surface area (Å²) in [5, 5.41) is 9.50. The maximum Gasteiger partial charge on any atom is 0.289 e. The molecule has 3 aromatic heterocycles. The SMILES string of the molecule is Cc1cccc2oc(SCc3ccc(C(=O)N(CCC#N)Cc4cccnc4)o3)nc12. The minimum absolute atomic E-state index is 0.242. The lowest BCUT2D eigenvalue weighted by atomic mass is 10.2. The molecule has 0 radical (unpaired) electrons. The van der Waals surface area contributed by atoms with Gasteiger partial charge in [-0.15, -0.1) is 0 Å². The molecule has 0 spiro atoms. The summed E-state index contributed by atoms with van der Waals surface area (Å²) in [4.78, 5) is 23.2. The first-order valence-corrected chi connectivity index (χ1v) is 10.8. The molecule has 31 heavy (non-hydrogen) atoms. The van der Waals surface area contributed by atoms with Crippen LogP contribution in [0.3, 0.4) is 0 Å². The number of hydrogen-bond donors (Lipinski definition) is 0. The lowest BCUT2D eigenvalue weighted by molar-refractivity contribution is 0.0713. The minimum Gasteiger partial charge on any atom is -0.455 e. The van der Waals surface area contributed by atoms with Crippen LogP contribution in [0.1, 0.15) is 33.9 Å². The zero-order chi connectivity index (χ0) is 21.6. The number of carbonyl (C=O) groups excluding carboxylic acids is 1. The summed E-state index contributed by atoms with van der Waals surface area (Å²) in [5.74, 6) is 1.12. The van der Waals surface area contributed by atoms with Crippen LogP contribution in [0, 0.1) is 18.3 Å². The van der Waals surface area contributed by atoms with Gasteiger partial charge in [-0.3, -0.25) is 9.78 Å². The van der Waals surface area contributed by atoms with E-state index in [1.165, 1.54) is 11.8 Å². The number of carbonyl (C=O) groups is 1. The second-order valence-electron chi connectivity index (χ2n) is 6.95. The summed E-state index contributed by atoms with van der Waals surface area (Å²) in [6, 6.07) is 15.1. The number of fused-ring (bicyclic) bond motifs is 1. The first-order chi connectivity index (χ1) is 15.1. The third kappa shape index (κ3) is 4.95. The van der Waals surface area contributed by atoms with Crippen molar-refractivity contribution in [1.82, 2.24) is 14.9 Å². The molecule has 3 heterocycles. The number of thioether (sulfide) groups is 1. The number of amides is 1. The summed E-state index contributed by atoms with van der Waals surface area (Å²) in [7, 11) is 0. The molecule has 0 aliphatic rings. The number of furan rings is 1. The van der Waals surface area contributed by atoms with Crippen LogP contribution in [0.25, 0.3) is 11.1 Å². The Hall–Kier alpha value is -3.57. The van der Waals surface area contributed by atoms with Crippen LogP contribution in [0.2, 0.25) is 0 Å². The Bertz CT molecular complexity index is 1230. The fourth-order valence-electron chi connectivity index (χ4n) is 3.14. The van der Waals surface area contributed by atoms with Gasteiger partial charge in [-0.25, -0.2) is 4.98 Å². The van der Waals surface area contributed by atoms with E-state index in [9.17, 15) is 4.79 Å². The average molecular weight is 433 g/mol. The summed E-state index contributed by atoms with van der Waals surface area (Å²) < 4.78 is 11.6. The molecule has 0 aliphatic heterocycles. The van der Waals surface area contributed by atoms with Crippen LogP contribution in [0.4, 0.5) is 0 Å². The number of nitrogens with zero attached hydrogens (tertiary/aromatic N) is 4. The summed E-state index contributed by atoms with van der Waals surface area (Å²) >= 11 is 1.41. The summed E-state index contributed by atoms with van der Waals surface area (Å²) in [5.41, 5.74) is 3.55. The standard InChI is InChI=1S/C23H20N4O3S/c1-16-5-2-7-19-21(16)26-23(30-19)31-15-18-8-9-20(29-18)22(28)27(12-4-10-24)14-17-6-3-11-25-13-17/h2-3,5-9,11,13H,4,12,14-15H2,1H3. The third-order valence-electron chi connectivity index (χ3n) is 4.69. The van der Waals surface area contributed by atoms with Crippen molar-refractivity contribution in [2.24, 2.45) is 0 Å². The van der Waals surface area contributed by atoms with Gasteiger partial charge in [-0.1, -0.05) is 30.0 Å². The van der Waals surface area contributed by atoms with E-state index in [4.69, 9.17) is 14.1 Å². The van der Waals surface area contributed by atoms with Gasteiger partial charge in [0.25, 0.3) is 11.1 Å². The molecule has 156 valence electrons. The van der Waals surface area contributed by atoms with Crippen molar-refractivity contribution < 1.29 is 13.6 Å². The third-order valence-corrected chi connectivity index (χ3v) is 5.54. The molecule has 0 saturated carbocycles. The quantitative estimate of drug-likeness (QED) is 0.363. The van der Waals surface area contributed by atoms with Crippen LogP contribution in [-0.2, 0) is 12.3 Å². The predicted molar refractivity (Wildman–Crippen MR) is 116 cm³/mol. The molecule has 0 unspecified atom stereocenters. The Balaban J connectivity index is 1.43. The molecule has 0 saturated heterocycles. The number of para-hydroxylation sites is 1. The number of rotatable bonds is 8. The van der Waals surface area contributed by atoms with Crippen LogP contribution in [0.15, 0.2) is 68.9 Å². The highest BCUT2D eigenvalue weighted by atomic mass is 32.2. The smallest absolute Gasteiger partial charge is 0.289 e. The fraction of sp³-hybridized carbons (Fsp3) is 0.217. The minimum atomic E-state index is -0.257. The molecule has 0 N–H and O–H groups in total. The van der Waals surface area contributed by atoms with E-state index in [2.05, 4.69) is 16.0 Å². The zero-order valence-electron chi connectivity index (χ0n) is 16.9. The van der Waals surface area contributed by atoms with Crippen molar-refractivity contribution in [3.63, 3.8) is 0 Å². The Morgan fingerprint density at radius 3 is 2.87 bits per heavy atom.